The molecular weight excluding hydrogens is 188 g/mol. The zero-order valence-corrected chi connectivity index (χ0v) is 8.98. The molecule has 0 bridgehead atoms. The average Bonchev–Trinajstić information content (AvgIpc) is 2.22. The lowest BCUT2D eigenvalue weighted by Gasteiger charge is -2.26. The molecule has 1 aliphatic carbocycles. The Bertz CT molecular complexity index is 288. The van der Waals surface area contributed by atoms with E-state index in [1.165, 1.54) is 24.8 Å². The van der Waals surface area contributed by atoms with E-state index in [-0.39, 0.29) is 6.61 Å². The summed E-state index contributed by atoms with van der Waals surface area (Å²) in [4.78, 5) is 0. The largest absolute Gasteiger partial charge is 0.490 e. The van der Waals surface area contributed by atoms with Gasteiger partial charge in [-0.3, -0.25) is 0 Å². The molecule has 2 heteroatoms. The van der Waals surface area contributed by atoms with E-state index in [4.69, 9.17) is 9.84 Å². The first kappa shape index (κ1) is 10.5. The van der Waals surface area contributed by atoms with Crippen LogP contribution >= 0.6 is 0 Å². The van der Waals surface area contributed by atoms with Gasteiger partial charge in [0.15, 0.2) is 0 Å². The fourth-order valence-corrected chi connectivity index (χ4v) is 1.70. The molecule has 0 unspecified atom stereocenters. The molecule has 2 nitrogen and oxygen atoms in total. The van der Waals surface area contributed by atoms with E-state index in [0.29, 0.717) is 6.10 Å². The van der Waals surface area contributed by atoms with Crippen molar-refractivity contribution >= 4 is 0 Å². The summed E-state index contributed by atoms with van der Waals surface area (Å²) in [5.41, 5.74) is 1.27. The number of rotatable bonds is 5. The molecule has 1 N–H and O–H groups in total. The lowest BCUT2D eigenvalue weighted by molar-refractivity contribution is 0.120. The zero-order chi connectivity index (χ0) is 10.5. The van der Waals surface area contributed by atoms with Crippen molar-refractivity contribution in [3.8, 4) is 5.75 Å². The summed E-state index contributed by atoms with van der Waals surface area (Å²) in [6.07, 6.45) is 5.94. The number of benzene rings is 1. The molecule has 82 valence electrons. The van der Waals surface area contributed by atoms with Crippen LogP contribution in [0.25, 0.3) is 0 Å². The predicted octanol–water partition coefficient (Wildman–Crippen LogP) is 2.54. The van der Waals surface area contributed by atoms with Gasteiger partial charge >= 0.3 is 0 Å². The van der Waals surface area contributed by atoms with Gasteiger partial charge in [0.2, 0.25) is 0 Å². The Morgan fingerprint density at radius 1 is 1.20 bits per heavy atom. The second kappa shape index (κ2) is 5.17. The normalized spacial score (nSPS) is 16.1. The van der Waals surface area contributed by atoms with Gasteiger partial charge in [-0.05, 0) is 49.8 Å². The van der Waals surface area contributed by atoms with Gasteiger partial charge in [0.25, 0.3) is 0 Å². The van der Waals surface area contributed by atoms with Crippen molar-refractivity contribution in [2.24, 2.45) is 0 Å². The summed E-state index contributed by atoms with van der Waals surface area (Å²) in [6.45, 7) is 0.264. The third-order valence-corrected chi connectivity index (χ3v) is 2.90. The van der Waals surface area contributed by atoms with E-state index in [1.807, 2.05) is 12.1 Å². The minimum Gasteiger partial charge on any atom is -0.490 e. The van der Waals surface area contributed by atoms with Crippen LogP contribution in [0.5, 0.6) is 5.75 Å². The van der Waals surface area contributed by atoms with Crippen LogP contribution in [0, 0.1) is 0 Å². The van der Waals surface area contributed by atoms with Gasteiger partial charge in [0, 0.05) is 6.61 Å². The molecule has 1 aromatic carbocycles. The first-order valence-corrected chi connectivity index (χ1v) is 5.75. The molecule has 0 amide bonds. The van der Waals surface area contributed by atoms with Crippen molar-refractivity contribution in [1.82, 2.24) is 0 Å². The fraction of sp³-hybridized carbons (Fsp3) is 0.538. The summed E-state index contributed by atoms with van der Waals surface area (Å²) < 4.78 is 5.76. The number of aliphatic hydroxyl groups excluding tert-OH is 1. The SMILES string of the molecule is OCCCc1ccc(OC2CCC2)cc1. The average molecular weight is 206 g/mol. The monoisotopic (exact) mass is 206 g/mol. The maximum atomic E-state index is 8.72. The van der Waals surface area contributed by atoms with Crippen LogP contribution in [0.2, 0.25) is 0 Å². The van der Waals surface area contributed by atoms with Crippen molar-refractivity contribution in [2.75, 3.05) is 6.61 Å². The van der Waals surface area contributed by atoms with E-state index in [1.54, 1.807) is 0 Å². The van der Waals surface area contributed by atoms with E-state index in [9.17, 15) is 0 Å². The quantitative estimate of drug-likeness (QED) is 0.802. The number of hydrogen-bond donors (Lipinski definition) is 1. The third-order valence-electron chi connectivity index (χ3n) is 2.90. The molecule has 0 saturated heterocycles. The number of aryl methyl sites for hydroxylation is 1. The molecule has 1 fully saturated rings. The predicted molar refractivity (Wildman–Crippen MR) is 60.1 cm³/mol. The highest BCUT2D eigenvalue weighted by Crippen LogP contribution is 2.25. The molecule has 0 radical (unpaired) electrons. The lowest BCUT2D eigenvalue weighted by atomic mass is 9.96. The molecule has 1 aliphatic rings. The summed E-state index contributed by atoms with van der Waals surface area (Å²) in [5, 5.41) is 8.72. The Hall–Kier alpha value is -1.02. The summed E-state index contributed by atoms with van der Waals surface area (Å²) in [7, 11) is 0. The Morgan fingerprint density at radius 3 is 2.47 bits per heavy atom. The Kier molecular flexibility index (Phi) is 3.62. The molecule has 1 aromatic rings. The smallest absolute Gasteiger partial charge is 0.119 e. The van der Waals surface area contributed by atoms with E-state index >= 15 is 0 Å². The van der Waals surface area contributed by atoms with E-state index < -0.39 is 0 Å². The van der Waals surface area contributed by atoms with Crippen molar-refractivity contribution in [3.63, 3.8) is 0 Å². The molecular formula is C13H18O2. The van der Waals surface area contributed by atoms with Gasteiger partial charge in [-0.1, -0.05) is 12.1 Å². The molecule has 0 aliphatic heterocycles. The van der Waals surface area contributed by atoms with Crippen LogP contribution in [0.4, 0.5) is 0 Å². The van der Waals surface area contributed by atoms with Crippen LogP contribution in [-0.4, -0.2) is 17.8 Å². The van der Waals surface area contributed by atoms with Gasteiger partial charge in [-0.2, -0.15) is 0 Å². The number of ether oxygens (including phenoxy) is 1. The van der Waals surface area contributed by atoms with E-state index in [0.717, 1.165) is 18.6 Å². The van der Waals surface area contributed by atoms with Crippen LogP contribution in [-0.2, 0) is 6.42 Å². The number of hydrogen-bond acceptors (Lipinski definition) is 2. The topological polar surface area (TPSA) is 29.5 Å². The minimum atomic E-state index is 0.264. The maximum absolute atomic E-state index is 8.72. The third kappa shape index (κ3) is 2.96. The second-order valence-corrected chi connectivity index (χ2v) is 4.14. The molecule has 0 atom stereocenters. The Labute approximate surface area is 90.9 Å². The van der Waals surface area contributed by atoms with Crippen LogP contribution in [0.3, 0.4) is 0 Å². The van der Waals surface area contributed by atoms with Crippen LogP contribution < -0.4 is 4.74 Å². The Morgan fingerprint density at radius 2 is 1.93 bits per heavy atom. The van der Waals surface area contributed by atoms with Gasteiger partial charge in [0.1, 0.15) is 5.75 Å². The van der Waals surface area contributed by atoms with Crippen molar-refractivity contribution < 1.29 is 9.84 Å². The van der Waals surface area contributed by atoms with Crippen LogP contribution in [0.15, 0.2) is 24.3 Å². The highest BCUT2D eigenvalue weighted by atomic mass is 16.5. The lowest BCUT2D eigenvalue weighted by Crippen LogP contribution is -2.24. The van der Waals surface area contributed by atoms with Crippen molar-refractivity contribution in [3.05, 3.63) is 29.8 Å². The highest BCUT2D eigenvalue weighted by Gasteiger charge is 2.18. The second-order valence-electron chi connectivity index (χ2n) is 4.14. The minimum absolute atomic E-state index is 0.264. The van der Waals surface area contributed by atoms with Gasteiger partial charge in [0.05, 0.1) is 6.10 Å². The standard InChI is InChI=1S/C13H18O2/c14-10-2-3-11-6-8-13(9-7-11)15-12-4-1-5-12/h6-9,12,14H,1-5,10H2. The Balaban J connectivity index is 1.85. The molecule has 0 heterocycles. The van der Waals surface area contributed by atoms with Crippen molar-refractivity contribution in [2.45, 2.75) is 38.2 Å². The van der Waals surface area contributed by atoms with Gasteiger partial charge in [-0.25, -0.2) is 0 Å². The highest BCUT2D eigenvalue weighted by molar-refractivity contribution is 5.27. The van der Waals surface area contributed by atoms with Crippen LogP contribution in [0.1, 0.15) is 31.2 Å². The molecule has 0 spiro atoms. The zero-order valence-electron chi connectivity index (χ0n) is 8.98. The fourth-order valence-electron chi connectivity index (χ4n) is 1.70. The van der Waals surface area contributed by atoms with Gasteiger partial charge < -0.3 is 9.84 Å². The summed E-state index contributed by atoms with van der Waals surface area (Å²) >= 11 is 0. The summed E-state index contributed by atoms with van der Waals surface area (Å²) in [6, 6.07) is 8.24. The maximum Gasteiger partial charge on any atom is 0.119 e. The molecule has 0 aromatic heterocycles. The first-order chi connectivity index (χ1) is 7.38. The number of aliphatic hydroxyl groups is 1. The molecule has 1 saturated carbocycles. The molecule has 2 rings (SSSR count). The van der Waals surface area contributed by atoms with Gasteiger partial charge in [-0.15, -0.1) is 0 Å². The van der Waals surface area contributed by atoms with E-state index in [2.05, 4.69) is 12.1 Å². The summed E-state index contributed by atoms with van der Waals surface area (Å²) in [5.74, 6) is 0.979. The van der Waals surface area contributed by atoms with Crippen molar-refractivity contribution in [1.29, 1.82) is 0 Å². The first-order valence-electron chi connectivity index (χ1n) is 5.75. The molecule has 15 heavy (non-hydrogen) atoms.